The van der Waals surface area contributed by atoms with E-state index >= 15 is 0 Å². The summed E-state index contributed by atoms with van der Waals surface area (Å²) in [4.78, 5) is 9.04. The number of nitrogens with zero attached hydrogens (tertiary/aromatic N) is 2. The molecule has 1 N–H and O–H groups in total. The van der Waals surface area contributed by atoms with E-state index in [9.17, 15) is 0 Å². The van der Waals surface area contributed by atoms with Crippen molar-refractivity contribution in [3.8, 4) is 11.3 Å². The van der Waals surface area contributed by atoms with Crippen LogP contribution in [-0.4, -0.2) is 16.5 Å². The second kappa shape index (κ2) is 6.53. The number of halogens is 1. The highest BCUT2D eigenvalue weighted by Gasteiger charge is 2.06. The van der Waals surface area contributed by atoms with Crippen molar-refractivity contribution >= 4 is 17.4 Å². The van der Waals surface area contributed by atoms with E-state index in [1.54, 1.807) is 0 Å². The molecule has 0 fully saturated rings. The molecule has 0 aliphatic carbocycles. The van der Waals surface area contributed by atoms with Gasteiger partial charge in [0.2, 0.25) is 0 Å². The van der Waals surface area contributed by atoms with Crippen LogP contribution in [-0.2, 0) is 6.42 Å². The average molecular weight is 276 g/mol. The fourth-order valence-electron chi connectivity index (χ4n) is 1.79. The standard InChI is InChI=1S/C15H18ClN3/c1-3-8-17-15-10-13(18-14(4-2)19-15)11-6-5-7-12(16)9-11/h5-7,9-10H,3-4,8H2,1-2H3,(H,17,18,19). The molecule has 0 unspecified atom stereocenters. The maximum Gasteiger partial charge on any atom is 0.131 e. The van der Waals surface area contributed by atoms with E-state index in [1.165, 1.54) is 0 Å². The molecule has 0 amide bonds. The minimum absolute atomic E-state index is 0.720. The van der Waals surface area contributed by atoms with E-state index in [1.807, 2.05) is 30.3 Å². The van der Waals surface area contributed by atoms with Gasteiger partial charge in [-0.3, -0.25) is 0 Å². The van der Waals surface area contributed by atoms with Crippen molar-refractivity contribution < 1.29 is 0 Å². The highest BCUT2D eigenvalue weighted by molar-refractivity contribution is 6.30. The Hall–Kier alpha value is -1.61. The van der Waals surface area contributed by atoms with Gasteiger partial charge in [-0.05, 0) is 18.6 Å². The number of benzene rings is 1. The lowest BCUT2D eigenvalue weighted by Crippen LogP contribution is -2.05. The first-order valence-electron chi connectivity index (χ1n) is 6.60. The van der Waals surface area contributed by atoms with Crippen molar-refractivity contribution in [1.29, 1.82) is 0 Å². The lowest BCUT2D eigenvalue weighted by Gasteiger charge is -2.09. The Morgan fingerprint density at radius 1 is 1.16 bits per heavy atom. The highest BCUT2D eigenvalue weighted by atomic mass is 35.5. The highest BCUT2D eigenvalue weighted by Crippen LogP contribution is 2.23. The summed E-state index contributed by atoms with van der Waals surface area (Å²) in [6.45, 7) is 5.10. The number of aromatic nitrogens is 2. The van der Waals surface area contributed by atoms with Gasteiger partial charge in [0.05, 0.1) is 5.69 Å². The van der Waals surface area contributed by atoms with Crippen LogP contribution in [0.5, 0.6) is 0 Å². The van der Waals surface area contributed by atoms with Crippen LogP contribution in [0.15, 0.2) is 30.3 Å². The van der Waals surface area contributed by atoms with Crippen molar-refractivity contribution in [2.45, 2.75) is 26.7 Å². The molecule has 1 aromatic carbocycles. The summed E-state index contributed by atoms with van der Waals surface area (Å²) >= 11 is 6.03. The third kappa shape index (κ3) is 3.67. The van der Waals surface area contributed by atoms with Gasteiger partial charge < -0.3 is 5.32 Å². The Bertz CT molecular complexity index is 555. The number of hydrogen-bond acceptors (Lipinski definition) is 3. The molecule has 0 saturated carbocycles. The van der Waals surface area contributed by atoms with Gasteiger partial charge in [-0.2, -0.15) is 0 Å². The zero-order chi connectivity index (χ0) is 13.7. The molecule has 0 aliphatic rings. The summed E-state index contributed by atoms with van der Waals surface area (Å²) in [5.74, 6) is 1.72. The van der Waals surface area contributed by atoms with Crippen LogP contribution in [0.4, 0.5) is 5.82 Å². The van der Waals surface area contributed by atoms with Crippen LogP contribution in [0.3, 0.4) is 0 Å². The molecule has 0 radical (unpaired) electrons. The second-order valence-electron chi connectivity index (χ2n) is 4.35. The van der Waals surface area contributed by atoms with Crippen LogP contribution in [0, 0.1) is 0 Å². The maximum atomic E-state index is 6.03. The molecule has 0 aliphatic heterocycles. The van der Waals surface area contributed by atoms with Gasteiger partial charge in [-0.1, -0.05) is 37.6 Å². The van der Waals surface area contributed by atoms with Gasteiger partial charge in [0.1, 0.15) is 11.6 Å². The van der Waals surface area contributed by atoms with E-state index in [0.717, 1.165) is 47.3 Å². The summed E-state index contributed by atoms with van der Waals surface area (Å²) in [6, 6.07) is 9.71. The zero-order valence-electron chi connectivity index (χ0n) is 11.3. The van der Waals surface area contributed by atoms with Gasteiger partial charge in [0.15, 0.2) is 0 Å². The summed E-state index contributed by atoms with van der Waals surface area (Å²) in [5, 5.41) is 4.03. The van der Waals surface area contributed by atoms with Gasteiger partial charge in [0.25, 0.3) is 0 Å². The fourth-order valence-corrected chi connectivity index (χ4v) is 1.98. The smallest absolute Gasteiger partial charge is 0.131 e. The maximum absolute atomic E-state index is 6.03. The summed E-state index contributed by atoms with van der Waals surface area (Å²) < 4.78 is 0. The number of anilines is 1. The molecule has 1 aromatic heterocycles. The first kappa shape index (κ1) is 13.8. The van der Waals surface area contributed by atoms with Crippen molar-refractivity contribution in [3.63, 3.8) is 0 Å². The zero-order valence-corrected chi connectivity index (χ0v) is 12.0. The topological polar surface area (TPSA) is 37.8 Å². The van der Waals surface area contributed by atoms with Crippen LogP contribution >= 0.6 is 11.6 Å². The summed E-state index contributed by atoms with van der Waals surface area (Å²) in [6.07, 6.45) is 1.88. The molecule has 100 valence electrons. The predicted molar refractivity (Wildman–Crippen MR) is 80.6 cm³/mol. The lowest BCUT2D eigenvalue weighted by molar-refractivity contribution is 0.919. The number of aryl methyl sites for hydroxylation is 1. The number of nitrogens with one attached hydrogen (secondary N) is 1. The van der Waals surface area contributed by atoms with E-state index in [2.05, 4.69) is 29.1 Å². The monoisotopic (exact) mass is 275 g/mol. The Morgan fingerprint density at radius 2 is 2.00 bits per heavy atom. The molecule has 0 atom stereocenters. The molecule has 1 heterocycles. The molecule has 2 rings (SSSR count). The van der Waals surface area contributed by atoms with E-state index < -0.39 is 0 Å². The molecular formula is C15H18ClN3. The summed E-state index contributed by atoms with van der Waals surface area (Å²) in [7, 11) is 0. The first-order valence-corrected chi connectivity index (χ1v) is 6.98. The third-order valence-electron chi connectivity index (χ3n) is 2.77. The molecule has 19 heavy (non-hydrogen) atoms. The van der Waals surface area contributed by atoms with E-state index in [4.69, 9.17) is 11.6 Å². The largest absolute Gasteiger partial charge is 0.370 e. The molecule has 0 bridgehead atoms. The third-order valence-corrected chi connectivity index (χ3v) is 3.00. The second-order valence-corrected chi connectivity index (χ2v) is 4.78. The SMILES string of the molecule is CCCNc1cc(-c2cccc(Cl)c2)nc(CC)n1. The van der Waals surface area contributed by atoms with E-state index in [0.29, 0.717) is 0 Å². The van der Waals surface area contributed by atoms with E-state index in [-0.39, 0.29) is 0 Å². The Labute approximate surface area is 119 Å². The molecule has 0 saturated heterocycles. The number of rotatable bonds is 5. The lowest BCUT2D eigenvalue weighted by atomic mass is 10.1. The van der Waals surface area contributed by atoms with Gasteiger partial charge in [-0.15, -0.1) is 0 Å². The molecule has 3 nitrogen and oxygen atoms in total. The molecular weight excluding hydrogens is 258 g/mol. The minimum Gasteiger partial charge on any atom is -0.370 e. The minimum atomic E-state index is 0.720. The quantitative estimate of drug-likeness (QED) is 0.889. The van der Waals surface area contributed by atoms with Gasteiger partial charge in [-0.25, -0.2) is 9.97 Å². The van der Waals surface area contributed by atoms with Crippen molar-refractivity contribution in [1.82, 2.24) is 9.97 Å². The van der Waals surface area contributed by atoms with Crippen molar-refractivity contribution in [3.05, 3.63) is 41.2 Å². The molecule has 2 aromatic rings. The van der Waals surface area contributed by atoms with Crippen LogP contribution in [0.1, 0.15) is 26.1 Å². The predicted octanol–water partition coefficient (Wildman–Crippen LogP) is 4.18. The van der Waals surface area contributed by atoms with Crippen LogP contribution in [0.2, 0.25) is 5.02 Å². The fraction of sp³-hybridized carbons (Fsp3) is 0.333. The molecule has 4 heteroatoms. The van der Waals surface area contributed by atoms with Gasteiger partial charge >= 0.3 is 0 Å². The Balaban J connectivity index is 2.38. The average Bonchev–Trinajstić information content (AvgIpc) is 2.44. The van der Waals surface area contributed by atoms with Crippen LogP contribution < -0.4 is 5.32 Å². The summed E-state index contributed by atoms with van der Waals surface area (Å²) in [5.41, 5.74) is 1.93. The normalized spacial score (nSPS) is 10.5. The molecule has 0 spiro atoms. The Kier molecular flexibility index (Phi) is 4.74. The first-order chi connectivity index (χ1) is 9.22. The Morgan fingerprint density at radius 3 is 2.68 bits per heavy atom. The number of hydrogen-bond donors (Lipinski definition) is 1. The van der Waals surface area contributed by atoms with Crippen molar-refractivity contribution in [2.75, 3.05) is 11.9 Å². The van der Waals surface area contributed by atoms with Gasteiger partial charge in [0, 0.05) is 29.6 Å². The van der Waals surface area contributed by atoms with Crippen molar-refractivity contribution in [2.24, 2.45) is 0 Å². The van der Waals surface area contributed by atoms with Crippen LogP contribution in [0.25, 0.3) is 11.3 Å².